The van der Waals surface area contributed by atoms with Crippen molar-refractivity contribution in [2.45, 2.75) is 37.3 Å². The number of piperidine rings is 1. The molecule has 132 valence electrons. The van der Waals surface area contributed by atoms with Gasteiger partial charge >= 0.3 is 0 Å². The molecule has 0 amide bonds. The molecule has 0 atom stereocenters. The number of aldehydes is 1. The van der Waals surface area contributed by atoms with E-state index >= 15 is 0 Å². The van der Waals surface area contributed by atoms with Gasteiger partial charge in [-0.3, -0.25) is 14.7 Å². The van der Waals surface area contributed by atoms with Gasteiger partial charge < -0.3 is 5.11 Å². The molecule has 1 fully saturated rings. The van der Waals surface area contributed by atoms with Gasteiger partial charge in [0.1, 0.15) is 5.75 Å². The molecule has 25 heavy (non-hydrogen) atoms. The van der Waals surface area contributed by atoms with E-state index in [9.17, 15) is 9.90 Å². The fourth-order valence-electron chi connectivity index (χ4n) is 3.18. The summed E-state index contributed by atoms with van der Waals surface area (Å²) in [6, 6.07) is 10.6. The third-order valence-electron chi connectivity index (χ3n) is 4.73. The Balaban J connectivity index is 1.50. The first-order valence-corrected chi connectivity index (χ1v) is 9.72. The molecule has 0 bridgehead atoms. The van der Waals surface area contributed by atoms with Crippen molar-refractivity contribution in [1.82, 2.24) is 9.88 Å². The molecular formula is C20H24N2O2S. The highest BCUT2D eigenvalue weighted by Gasteiger charge is 2.20. The van der Waals surface area contributed by atoms with Crippen LogP contribution in [0.1, 0.15) is 40.0 Å². The molecule has 0 unspecified atom stereocenters. The van der Waals surface area contributed by atoms with Crippen LogP contribution in [0, 0.1) is 6.92 Å². The Labute approximate surface area is 153 Å². The second-order valence-electron chi connectivity index (χ2n) is 6.52. The number of thioether (sulfide) groups is 1. The van der Waals surface area contributed by atoms with E-state index in [4.69, 9.17) is 0 Å². The highest BCUT2D eigenvalue weighted by atomic mass is 32.2. The molecule has 1 aromatic carbocycles. The predicted molar refractivity (Wildman–Crippen MR) is 102 cm³/mol. The van der Waals surface area contributed by atoms with Crippen molar-refractivity contribution in [2.24, 2.45) is 0 Å². The number of likely N-dealkylation sites (tertiary alicyclic amines) is 1. The molecule has 1 aromatic heterocycles. The molecule has 2 heterocycles. The first-order chi connectivity index (χ1) is 12.2. The van der Waals surface area contributed by atoms with Gasteiger partial charge in [-0.05, 0) is 44.0 Å². The van der Waals surface area contributed by atoms with Crippen LogP contribution < -0.4 is 0 Å². The summed E-state index contributed by atoms with van der Waals surface area (Å²) in [5.41, 5.74) is 3.09. The maximum atomic E-state index is 11.3. The zero-order valence-electron chi connectivity index (χ0n) is 14.5. The first-order valence-electron chi connectivity index (χ1n) is 8.68. The molecule has 1 aliphatic rings. The fourth-order valence-corrected chi connectivity index (χ4v) is 4.37. The molecule has 1 N–H and O–H groups in total. The summed E-state index contributed by atoms with van der Waals surface area (Å²) in [5.74, 6) is 0.740. The largest absolute Gasteiger partial charge is 0.505 e. The van der Waals surface area contributed by atoms with Crippen molar-refractivity contribution in [3.05, 3.63) is 58.9 Å². The first kappa shape index (κ1) is 18.0. The van der Waals surface area contributed by atoms with Crippen molar-refractivity contribution in [3.8, 4) is 5.75 Å². The van der Waals surface area contributed by atoms with Crippen LogP contribution in [-0.2, 0) is 12.3 Å². The van der Waals surface area contributed by atoms with Gasteiger partial charge in [0, 0.05) is 23.7 Å². The number of benzene rings is 1. The van der Waals surface area contributed by atoms with E-state index in [0.29, 0.717) is 16.5 Å². The van der Waals surface area contributed by atoms with E-state index < -0.39 is 0 Å². The highest BCUT2D eigenvalue weighted by Crippen LogP contribution is 2.30. The molecular weight excluding hydrogens is 332 g/mol. The van der Waals surface area contributed by atoms with Gasteiger partial charge in [0.2, 0.25) is 0 Å². The summed E-state index contributed by atoms with van der Waals surface area (Å²) in [5, 5.41) is 10.6. The van der Waals surface area contributed by atoms with Crippen molar-refractivity contribution in [1.29, 1.82) is 0 Å². The number of pyridine rings is 1. The second kappa shape index (κ2) is 8.50. The Morgan fingerprint density at radius 1 is 1.28 bits per heavy atom. The molecule has 3 rings (SSSR count). The lowest BCUT2D eigenvalue weighted by molar-refractivity contribution is 0.112. The smallest absolute Gasteiger partial charge is 0.154 e. The van der Waals surface area contributed by atoms with Gasteiger partial charge in [-0.25, -0.2) is 0 Å². The minimum absolute atomic E-state index is 0.0192. The molecule has 0 radical (unpaired) electrons. The number of aromatic hydroxyl groups is 1. The lowest BCUT2D eigenvalue weighted by Crippen LogP contribution is -2.34. The number of nitrogens with zero attached hydrogens (tertiary/aromatic N) is 2. The highest BCUT2D eigenvalue weighted by molar-refractivity contribution is 7.99. The van der Waals surface area contributed by atoms with Gasteiger partial charge in [-0.2, -0.15) is 11.8 Å². The second-order valence-corrected chi connectivity index (χ2v) is 7.81. The molecule has 0 saturated carbocycles. The summed E-state index contributed by atoms with van der Waals surface area (Å²) in [4.78, 5) is 17.9. The summed E-state index contributed by atoms with van der Waals surface area (Å²) in [6.07, 6.45) is 4.76. The molecule has 4 nitrogen and oxygen atoms in total. The lowest BCUT2D eigenvalue weighted by Gasteiger charge is -2.31. The number of aryl methyl sites for hydroxylation is 1. The van der Waals surface area contributed by atoms with Gasteiger partial charge in [0.05, 0.1) is 11.3 Å². The number of hydrogen-bond acceptors (Lipinski definition) is 5. The van der Waals surface area contributed by atoms with Crippen LogP contribution in [0.15, 0.2) is 36.5 Å². The number of rotatable bonds is 6. The Hall–Kier alpha value is -1.85. The summed E-state index contributed by atoms with van der Waals surface area (Å²) >= 11 is 1.87. The van der Waals surface area contributed by atoms with Crippen LogP contribution in [0.2, 0.25) is 0 Å². The third kappa shape index (κ3) is 4.61. The maximum Gasteiger partial charge on any atom is 0.154 e. The fraction of sp³-hybridized carbons (Fsp3) is 0.400. The van der Waals surface area contributed by atoms with Crippen molar-refractivity contribution >= 4 is 18.0 Å². The number of carbonyl (C=O) groups is 1. The van der Waals surface area contributed by atoms with Crippen LogP contribution in [0.4, 0.5) is 0 Å². The molecule has 0 aliphatic carbocycles. The Morgan fingerprint density at radius 3 is 2.68 bits per heavy atom. The number of aromatic nitrogens is 1. The Kier molecular flexibility index (Phi) is 6.10. The number of hydrogen-bond donors (Lipinski definition) is 1. The van der Waals surface area contributed by atoms with E-state index in [1.807, 2.05) is 11.8 Å². The minimum atomic E-state index is 0.0192. The average molecular weight is 356 g/mol. The zero-order chi connectivity index (χ0) is 17.6. The van der Waals surface area contributed by atoms with Gasteiger partial charge in [-0.15, -0.1) is 0 Å². The third-order valence-corrected chi connectivity index (χ3v) is 6.15. The maximum absolute atomic E-state index is 11.3. The van der Waals surface area contributed by atoms with Gasteiger partial charge in [0.15, 0.2) is 6.29 Å². The molecule has 1 saturated heterocycles. The Morgan fingerprint density at radius 2 is 2.00 bits per heavy atom. The normalized spacial score (nSPS) is 16.0. The van der Waals surface area contributed by atoms with E-state index in [2.05, 4.69) is 40.2 Å². The van der Waals surface area contributed by atoms with E-state index in [1.165, 1.54) is 5.56 Å². The number of carbonyl (C=O) groups excluding carboxylic acids is 1. The standard InChI is InChI=1S/C20H24N2O2S/c1-15-20(24)19(13-23)17(11-21-15)14-25-18-7-9-22(10-8-18)12-16-5-3-2-4-6-16/h2-6,11,13,18,24H,7-10,12,14H2,1H3. The molecule has 2 aromatic rings. The topological polar surface area (TPSA) is 53.4 Å². The van der Waals surface area contributed by atoms with Crippen molar-refractivity contribution < 1.29 is 9.90 Å². The summed E-state index contributed by atoms with van der Waals surface area (Å²) < 4.78 is 0. The monoisotopic (exact) mass is 356 g/mol. The summed E-state index contributed by atoms with van der Waals surface area (Å²) in [6.45, 7) is 4.93. The van der Waals surface area contributed by atoms with Crippen LogP contribution >= 0.6 is 11.8 Å². The van der Waals surface area contributed by atoms with Crippen LogP contribution in [-0.4, -0.2) is 39.6 Å². The van der Waals surface area contributed by atoms with E-state index in [-0.39, 0.29) is 5.75 Å². The SMILES string of the molecule is Cc1ncc(CSC2CCN(Cc3ccccc3)CC2)c(C=O)c1O. The molecule has 5 heteroatoms. The average Bonchev–Trinajstić information content (AvgIpc) is 2.65. The van der Waals surface area contributed by atoms with E-state index in [0.717, 1.165) is 50.1 Å². The Bertz CT molecular complexity index is 713. The van der Waals surface area contributed by atoms with Gasteiger partial charge in [-0.1, -0.05) is 30.3 Å². The zero-order valence-corrected chi connectivity index (χ0v) is 15.3. The summed E-state index contributed by atoms with van der Waals surface area (Å²) in [7, 11) is 0. The predicted octanol–water partition coefficient (Wildman–Crippen LogP) is 3.81. The van der Waals surface area contributed by atoms with Crippen LogP contribution in [0.5, 0.6) is 5.75 Å². The van der Waals surface area contributed by atoms with E-state index in [1.54, 1.807) is 13.1 Å². The quantitative estimate of drug-likeness (QED) is 0.798. The molecule has 1 aliphatic heterocycles. The lowest BCUT2D eigenvalue weighted by atomic mass is 10.1. The van der Waals surface area contributed by atoms with Crippen molar-refractivity contribution in [2.75, 3.05) is 13.1 Å². The minimum Gasteiger partial charge on any atom is -0.505 e. The van der Waals surface area contributed by atoms with Crippen LogP contribution in [0.25, 0.3) is 0 Å². The van der Waals surface area contributed by atoms with Crippen LogP contribution in [0.3, 0.4) is 0 Å². The van der Waals surface area contributed by atoms with Gasteiger partial charge in [0.25, 0.3) is 0 Å². The van der Waals surface area contributed by atoms with Crippen molar-refractivity contribution in [3.63, 3.8) is 0 Å². The molecule has 0 spiro atoms.